The van der Waals surface area contributed by atoms with Gasteiger partial charge >= 0.3 is 0 Å². The molecule has 0 saturated heterocycles. The number of pyridine rings is 1. The van der Waals surface area contributed by atoms with E-state index in [1.54, 1.807) is 0 Å². The predicted octanol–water partition coefficient (Wildman–Crippen LogP) is 1.56. The summed E-state index contributed by atoms with van der Waals surface area (Å²) in [5.41, 5.74) is 0.261. The van der Waals surface area contributed by atoms with Crippen LogP contribution in [0, 0.1) is 0 Å². The number of aldehydes is 1. The number of halogens is 1. The fraction of sp³-hybridized carbons (Fsp3) is 0.143. The molecule has 0 aliphatic rings. The Morgan fingerprint density at radius 2 is 2.45 bits per heavy atom. The lowest BCUT2D eigenvalue weighted by Gasteiger charge is -2.00. The number of rotatable bonds is 2. The second-order valence-corrected chi connectivity index (χ2v) is 2.30. The van der Waals surface area contributed by atoms with Crippen molar-refractivity contribution in [1.82, 2.24) is 4.98 Å². The summed E-state index contributed by atoms with van der Waals surface area (Å²) in [6.07, 6.45) is 2.02. The Morgan fingerprint density at radius 3 is 3.00 bits per heavy atom. The number of ether oxygens (including phenoxy) is 1. The molecular formula is C7H6ClNO2. The molecule has 0 bridgehead atoms. The van der Waals surface area contributed by atoms with Crippen molar-refractivity contribution in [2.45, 2.75) is 0 Å². The Bertz CT molecular complexity index is 275. The standard InChI is InChI=1S/C7H6ClNO2/c1-11-7-2-5(8)3-9-6(7)4-10/h2-4H,1H3. The summed E-state index contributed by atoms with van der Waals surface area (Å²) in [5, 5.41) is 0.451. The number of carbonyl (C=O) groups excluding carboxylic acids is 1. The van der Waals surface area contributed by atoms with E-state index in [4.69, 9.17) is 16.3 Å². The summed E-state index contributed by atoms with van der Waals surface area (Å²) in [7, 11) is 1.46. The van der Waals surface area contributed by atoms with E-state index in [9.17, 15) is 4.79 Å². The Morgan fingerprint density at radius 1 is 1.73 bits per heavy atom. The van der Waals surface area contributed by atoms with E-state index in [-0.39, 0.29) is 5.69 Å². The highest BCUT2D eigenvalue weighted by Gasteiger charge is 2.02. The van der Waals surface area contributed by atoms with Crippen molar-refractivity contribution in [2.75, 3.05) is 7.11 Å². The van der Waals surface area contributed by atoms with E-state index < -0.39 is 0 Å². The van der Waals surface area contributed by atoms with Gasteiger partial charge in [0.15, 0.2) is 6.29 Å². The molecule has 1 rings (SSSR count). The highest BCUT2D eigenvalue weighted by atomic mass is 35.5. The van der Waals surface area contributed by atoms with E-state index in [1.807, 2.05) is 0 Å². The molecule has 0 atom stereocenters. The highest BCUT2D eigenvalue weighted by Crippen LogP contribution is 2.18. The van der Waals surface area contributed by atoms with Gasteiger partial charge in [-0.2, -0.15) is 0 Å². The molecule has 11 heavy (non-hydrogen) atoms. The summed E-state index contributed by atoms with van der Waals surface area (Å²) in [5.74, 6) is 0.396. The van der Waals surface area contributed by atoms with Crippen LogP contribution in [0.3, 0.4) is 0 Å². The van der Waals surface area contributed by atoms with Crippen LogP contribution in [-0.4, -0.2) is 18.4 Å². The summed E-state index contributed by atoms with van der Waals surface area (Å²) < 4.78 is 4.84. The Labute approximate surface area is 69.0 Å². The number of hydrogen-bond acceptors (Lipinski definition) is 3. The molecule has 1 aromatic heterocycles. The van der Waals surface area contributed by atoms with Crippen LogP contribution in [-0.2, 0) is 0 Å². The average molecular weight is 172 g/mol. The third kappa shape index (κ3) is 1.68. The molecule has 0 N–H and O–H groups in total. The third-order valence-electron chi connectivity index (χ3n) is 1.18. The Hall–Kier alpha value is -1.09. The summed E-state index contributed by atoms with van der Waals surface area (Å²) in [6, 6.07) is 1.54. The minimum absolute atomic E-state index is 0.261. The smallest absolute Gasteiger partial charge is 0.172 e. The van der Waals surface area contributed by atoms with Crippen molar-refractivity contribution >= 4 is 17.9 Å². The first-order valence-electron chi connectivity index (χ1n) is 2.92. The lowest BCUT2D eigenvalue weighted by molar-refractivity contribution is 0.111. The van der Waals surface area contributed by atoms with E-state index in [2.05, 4.69) is 4.98 Å². The van der Waals surface area contributed by atoms with Gasteiger partial charge in [-0.05, 0) is 0 Å². The van der Waals surface area contributed by atoms with Crippen LogP contribution < -0.4 is 4.74 Å². The van der Waals surface area contributed by atoms with Crippen LogP contribution in [0.15, 0.2) is 12.3 Å². The van der Waals surface area contributed by atoms with Gasteiger partial charge < -0.3 is 4.74 Å². The summed E-state index contributed by atoms with van der Waals surface area (Å²) in [6.45, 7) is 0. The third-order valence-corrected chi connectivity index (χ3v) is 1.39. The fourth-order valence-corrected chi connectivity index (χ4v) is 0.831. The van der Waals surface area contributed by atoms with Crippen LogP contribution in [0.5, 0.6) is 5.75 Å². The van der Waals surface area contributed by atoms with Gasteiger partial charge in [0, 0.05) is 12.3 Å². The van der Waals surface area contributed by atoms with Crippen LogP contribution >= 0.6 is 11.6 Å². The molecule has 0 amide bonds. The van der Waals surface area contributed by atoms with Gasteiger partial charge in [-0.3, -0.25) is 4.79 Å². The van der Waals surface area contributed by atoms with Gasteiger partial charge in [0.1, 0.15) is 11.4 Å². The largest absolute Gasteiger partial charge is 0.494 e. The molecule has 4 heteroatoms. The van der Waals surface area contributed by atoms with Gasteiger partial charge in [-0.15, -0.1) is 0 Å². The van der Waals surface area contributed by atoms with E-state index >= 15 is 0 Å². The molecule has 0 aromatic carbocycles. The maximum absolute atomic E-state index is 10.3. The number of carbonyl (C=O) groups is 1. The summed E-state index contributed by atoms with van der Waals surface area (Å²) in [4.78, 5) is 14.1. The maximum Gasteiger partial charge on any atom is 0.172 e. The first-order chi connectivity index (χ1) is 5.27. The Balaban J connectivity index is 3.16. The monoisotopic (exact) mass is 171 g/mol. The van der Waals surface area contributed by atoms with Crippen molar-refractivity contribution < 1.29 is 9.53 Å². The molecule has 0 saturated carbocycles. The van der Waals surface area contributed by atoms with Gasteiger partial charge in [0.25, 0.3) is 0 Å². The van der Waals surface area contributed by atoms with Crippen LogP contribution in [0.4, 0.5) is 0 Å². The first-order valence-corrected chi connectivity index (χ1v) is 3.30. The van der Waals surface area contributed by atoms with Crippen LogP contribution in [0.25, 0.3) is 0 Å². The van der Waals surface area contributed by atoms with Crippen LogP contribution in [0.2, 0.25) is 5.02 Å². The van der Waals surface area contributed by atoms with E-state index in [1.165, 1.54) is 19.4 Å². The zero-order chi connectivity index (χ0) is 8.27. The van der Waals surface area contributed by atoms with Gasteiger partial charge in [0.2, 0.25) is 0 Å². The zero-order valence-electron chi connectivity index (χ0n) is 5.87. The van der Waals surface area contributed by atoms with Gasteiger partial charge in [-0.1, -0.05) is 11.6 Å². The van der Waals surface area contributed by atoms with Crippen molar-refractivity contribution in [3.05, 3.63) is 23.0 Å². The Kier molecular flexibility index (Phi) is 2.44. The quantitative estimate of drug-likeness (QED) is 0.634. The first kappa shape index (κ1) is 8.01. The molecule has 0 fully saturated rings. The topological polar surface area (TPSA) is 39.2 Å². The highest BCUT2D eigenvalue weighted by molar-refractivity contribution is 6.30. The van der Waals surface area contributed by atoms with E-state index in [0.717, 1.165) is 0 Å². The molecular weight excluding hydrogens is 166 g/mol. The molecule has 0 unspecified atom stereocenters. The van der Waals surface area contributed by atoms with Crippen LogP contribution in [0.1, 0.15) is 10.5 Å². The molecule has 0 radical (unpaired) electrons. The van der Waals surface area contributed by atoms with Crippen molar-refractivity contribution in [1.29, 1.82) is 0 Å². The molecule has 58 valence electrons. The van der Waals surface area contributed by atoms with Crippen molar-refractivity contribution in [2.24, 2.45) is 0 Å². The number of hydrogen-bond donors (Lipinski definition) is 0. The summed E-state index contributed by atoms with van der Waals surface area (Å²) >= 11 is 5.59. The molecule has 1 aromatic rings. The second kappa shape index (κ2) is 3.34. The minimum Gasteiger partial charge on any atom is -0.494 e. The van der Waals surface area contributed by atoms with Gasteiger partial charge in [0.05, 0.1) is 12.1 Å². The molecule has 0 spiro atoms. The van der Waals surface area contributed by atoms with Gasteiger partial charge in [-0.25, -0.2) is 4.98 Å². The molecule has 0 aliphatic carbocycles. The maximum atomic E-state index is 10.3. The molecule has 3 nitrogen and oxygen atoms in total. The van der Waals surface area contributed by atoms with E-state index in [0.29, 0.717) is 17.1 Å². The average Bonchev–Trinajstić information content (AvgIpc) is 2.04. The fourth-order valence-electron chi connectivity index (χ4n) is 0.683. The number of nitrogens with zero attached hydrogens (tertiary/aromatic N) is 1. The lowest BCUT2D eigenvalue weighted by atomic mass is 10.3. The normalized spacial score (nSPS) is 9.27. The number of aromatic nitrogens is 1. The van der Waals surface area contributed by atoms with Crippen molar-refractivity contribution in [3.63, 3.8) is 0 Å². The SMILES string of the molecule is COc1cc(Cl)cnc1C=O. The van der Waals surface area contributed by atoms with Crippen molar-refractivity contribution in [3.8, 4) is 5.75 Å². The number of methoxy groups -OCH3 is 1. The second-order valence-electron chi connectivity index (χ2n) is 1.86. The predicted molar refractivity (Wildman–Crippen MR) is 41.2 cm³/mol. The lowest BCUT2D eigenvalue weighted by Crippen LogP contribution is -1.92. The zero-order valence-corrected chi connectivity index (χ0v) is 6.63. The molecule has 0 aliphatic heterocycles. The minimum atomic E-state index is 0.261. The molecule has 1 heterocycles.